The number of likely N-dealkylation sites (tertiary alicyclic amines) is 1. The van der Waals surface area contributed by atoms with Gasteiger partial charge in [0.25, 0.3) is 0 Å². The van der Waals surface area contributed by atoms with Gasteiger partial charge in [0.05, 0.1) is 10.0 Å². The highest BCUT2D eigenvalue weighted by atomic mass is 35.5. The molecule has 1 amide bonds. The van der Waals surface area contributed by atoms with Crippen LogP contribution in [0.5, 0.6) is 0 Å². The standard InChI is InChI=1S/C18H24Cl2N2O2/c1-10(11-5-6-14(19)15(20)7-11)21-16-12-8-22(9-13(12)16)17(23)24-18(2,3)4/h5-7,10,12-13,16,21H,8-9H2,1-4H3. The molecule has 132 valence electrons. The number of carbonyl (C=O) groups excluding carboxylic acids is 1. The van der Waals surface area contributed by atoms with Gasteiger partial charge in [-0.05, 0) is 57.2 Å². The summed E-state index contributed by atoms with van der Waals surface area (Å²) in [5.41, 5.74) is 0.683. The van der Waals surface area contributed by atoms with Crippen molar-refractivity contribution in [3.05, 3.63) is 33.8 Å². The van der Waals surface area contributed by atoms with Crippen LogP contribution in [0.1, 0.15) is 39.3 Å². The van der Waals surface area contributed by atoms with E-state index in [4.69, 9.17) is 27.9 Å². The Balaban J connectivity index is 1.51. The lowest BCUT2D eigenvalue weighted by Gasteiger charge is -2.26. The maximum Gasteiger partial charge on any atom is 0.410 e. The second-order valence-corrected chi connectivity index (χ2v) is 8.62. The monoisotopic (exact) mass is 370 g/mol. The van der Waals surface area contributed by atoms with Crippen molar-refractivity contribution in [3.63, 3.8) is 0 Å². The molecule has 3 atom stereocenters. The molecule has 6 heteroatoms. The molecular formula is C18H24Cl2N2O2. The smallest absolute Gasteiger partial charge is 0.410 e. The first-order valence-corrected chi connectivity index (χ1v) is 9.10. The summed E-state index contributed by atoms with van der Waals surface area (Å²) in [6, 6.07) is 6.39. The molecule has 1 aliphatic heterocycles. The Hall–Kier alpha value is -0.970. The van der Waals surface area contributed by atoms with Gasteiger partial charge in [0.2, 0.25) is 0 Å². The number of halogens is 2. The average Bonchev–Trinajstić information content (AvgIpc) is 2.92. The molecule has 2 fully saturated rings. The molecule has 4 nitrogen and oxygen atoms in total. The fourth-order valence-electron chi connectivity index (χ4n) is 3.42. The van der Waals surface area contributed by atoms with Crippen LogP contribution in [0.2, 0.25) is 10.0 Å². The summed E-state index contributed by atoms with van der Waals surface area (Å²) in [5.74, 6) is 1.03. The molecule has 1 heterocycles. The zero-order valence-corrected chi connectivity index (χ0v) is 16.0. The molecule has 0 radical (unpaired) electrons. The van der Waals surface area contributed by atoms with Gasteiger partial charge in [-0.25, -0.2) is 4.79 Å². The molecule has 0 spiro atoms. The summed E-state index contributed by atoms with van der Waals surface area (Å²) in [4.78, 5) is 13.9. The van der Waals surface area contributed by atoms with Gasteiger partial charge in [-0.3, -0.25) is 0 Å². The summed E-state index contributed by atoms with van der Waals surface area (Å²) >= 11 is 12.1. The van der Waals surface area contributed by atoms with Crippen molar-refractivity contribution < 1.29 is 9.53 Å². The predicted molar refractivity (Wildman–Crippen MR) is 96.6 cm³/mol. The van der Waals surface area contributed by atoms with E-state index in [0.29, 0.717) is 27.9 Å². The third-order valence-electron chi connectivity index (χ3n) is 4.73. The lowest BCUT2D eigenvalue weighted by molar-refractivity contribution is 0.0269. The Morgan fingerprint density at radius 3 is 2.42 bits per heavy atom. The molecule has 24 heavy (non-hydrogen) atoms. The number of hydrogen-bond acceptors (Lipinski definition) is 3. The normalized spacial score (nSPS) is 26.9. The lowest BCUT2D eigenvalue weighted by Crippen LogP contribution is -2.39. The van der Waals surface area contributed by atoms with E-state index in [1.807, 2.05) is 43.9 Å². The van der Waals surface area contributed by atoms with E-state index >= 15 is 0 Å². The van der Waals surface area contributed by atoms with Gasteiger partial charge < -0.3 is 15.0 Å². The molecular weight excluding hydrogens is 347 g/mol. The Bertz CT molecular complexity index is 632. The van der Waals surface area contributed by atoms with Gasteiger partial charge in [-0.1, -0.05) is 29.3 Å². The van der Waals surface area contributed by atoms with Crippen LogP contribution in [0.15, 0.2) is 18.2 Å². The number of fused-ring (bicyclic) bond motifs is 1. The summed E-state index contributed by atoms with van der Waals surface area (Å²) in [6.07, 6.45) is -0.203. The van der Waals surface area contributed by atoms with E-state index in [1.54, 1.807) is 0 Å². The fourth-order valence-corrected chi connectivity index (χ4v) is 3.72. The minimum atomic E-state index is -0.441. The average molecular weight is 371 g/mol. The predicted octanol–water partition coefficient (Wildman–Crippen LogP) is 4.51. The van der Waals surface area contributed by atoms with Crippen molar-refractivity contribution in [2.75, 3.05) is 13.1 Å². The second-order valence-electron chi connectivity index (χ2n) is 7.80. The number of nitrogens with one attached hydrogen (secondary N) is 1. The molecule has 1 aliphatic carbocycles. The molecule has 3 unspecified atom stereocenters. The summed E-state index contributed by atoms with van der Waals surface area (Å²) in [6.45, 7) is 9.34. The van der Waals surface area contributed by atoms with Gasteiger partial charge in [0.15, 0.2) is 0 Å². The minimum Gasteiger partial charge on any atom is -0.444 e. The van der Waals surface area contributed by atoms with Crippen LogP contribution in [-0.2, 0) is 4.74 Å². The van der Waals surface area contributed by atoms with Gasteiger partial charge in [0.1, 0.15) is 5.60 Å². The van der Waals surface area contributed by atoms with E-state index in [-0.39, 0.29) is 12.1 Å². The molecule has 1 saturated heterocycles. The van der Waals surface area contributed by atoms with E-state index in [2.05, 4.69) is 12.2 Å². The van der Waals surface area contributed by atoms with Gasteiger partial charge in [0, 0.05) is 25.2 Å². The summed E-state index contributed by atoms with van der Waals surface area (Å²) in [7, 11) is 0. The number of hydrogen-bond donors (Lipinski definition) is 1. The molecule has 1 aromatic carbocycles. The Morgan fingerprint density at radius 2 is 1.88 bits per heavy atom. The molecule has 1 N–H and O–H groups in total. The van der Waals surface area contributed by atoms with Crippen molar-refractivity contribution in [2.24, 2.45) is 11.8 Å². The van der Waals surface area contributed by atoms with Crippen molar-refractivity contribution in [2.45, 2.75) is 45.4 Å². The molecule has 1 aromatic rings. The first-order chi connectivity index (χ1) is 11.2. The third kappa shape index (κ3) is 3.81. The molecule has 3 rings (SSSR count). The summed E-state index contributed by atoms with van der Waals surface area (Å²) < 4.78 is 5.44. The van der Waals surface area contributed by atoms with Crippen LogP contribution in [0.3, 0.4) is 0 Å². The van der Waals surface area contributed by atoms with Crippen LogP contribution < -0.4 is 5.32 Å². The van der Waals surface area contributed by atoms with E-state index in [9.17, 15) is 4.79 Å². The SMILES string of the molecule is CC(NC1C2CN(C(=O)OC(C)(C)C)CC21)c1ccc(Cl)c(Cl)c1. The lowest BCUT2D eigenvalue weighted by atomic mass is 10.1. The Labute approximate surface area is 153 Å². The van der Waals surface area contributed by atoms with Crippen molar-refractivity contribution in [1.29, 1.82) is 0 Å². The van der Waals surface area contributed by atoms with E-state index < -0.39 is 5.60 Å². The second kappa shape index (κ2) is 6.40. The van der Waals surface area contributed by atoms with Crippen molar-refractivity contribution in [1.82, 2.24) is 10.2 Å². The minimum absolute atomic E-state index is 0.199. The van der Waals surface area contributed by atoms with Crippen LogP contribution >= 0.6 is 23.2 Å². The number of benzene rings is 1. The van der Waals surface area contributed by atoms with Gasteiger partial charge in [-0.15, -0.1) is 0 Å². The first-order valence-electron chi connectivity index (χ1n) is 8.34. The maximum atomic E-state index is 12.1. The van der Waals surface area contributed by atoms with E-state index in [1.165, 1.54) is 0 Å². The molecule has 0 bridgehead atoms. The van der Waals surface area contributed by atoms with Crippen LogP contribution in [-0.4, -0.2) is 35.7 Å². The zero-order chi connectivity index (χ0) is 17.6. The van der Waals surface area contributed by atoms with Crippen LogP contribution in [0.25, 0.3) is 0 Å². The molecule has 1 saturated carbocycles. The van der Waals surface area contributed by atoms with Crippen LogP contribution in [0, 0.1) is 11.8 Å². The van der Waals surface area contributed by atoms with Crippen molar-refractivity contribution in [3.8, 4) is 0 Å². The van der Waals surface area contributed by atoms with Crippen LogP contribution in [0.4, 0.5) is 4.79 Å². The Kier molecular flexibility index (Phi) is 4.75. The topological polar surface area (TPSA) is 41.6 Å². The Morgan fingerprint density at radius 1 is 1.25 bits per heavy atom. The zero-order valence-electron chi connectivity index (χ0n) is 14.5. The number of carbonyl (C=O) groups is 1. The van der Waals surface area contributed by atoms with Gasteiger partial charge >= 0.3 is 6.09 Å². The largest absolute Gasteiger partial charge is 0.444 e. The number of ether oxygens (including phenoxy) is 1. The third-order valence-corrected chi connectivity index (χ3v) is 5.47. The number of rotatable bonds is 3. The number of amides is 1. The highest BCUT2D eigenvalue weighted by Gasteiger charge is 2.57. The van der Waals surface area contributed by atoms with E-state index in [0.717, 1.165) is 18.7 Å². The number of piperidine rings is 1. The fraction of sp³-hybridized carbons (Fsp3) is 0.611. The first kappa shape index (κ1) is 17.8. The summed E-state index contributed by atoms with van der Waals surface area (Å²) in [5, 5.41) is 4.80. The van der Waals surface area contributed by atoms with Crippen molar-refractivity contribution >= 4 is 29.3 Å². The molecule has 2 aliphatic rings. The van der Waals surface area contributed by atoms with Gasteiger partial charge in [-0.2, -0.15) is 0 Å². The highest BCUT2D eigenvalue weighted by molar-refractivity contribution is 6.42. The maximum absolute atomic E-state index is 12.1. The highest BCUT2D eigenvalue weighted by Crippen LogP contribution is 2.46. The molecule has 0 aromatic heterocycles. The number of nitrogens with zero attached hydrogens (tertiary/aromatic N) is 1. The quantitative estimate of drug-likeness (QED) is 0.850.